The number of quaternary nitrogens is 1. The average molecular weight is 404 g/mol. The number of anilines is 2. The van der Waals surface area contributed by atoms with Crippen LogP contribution in [-0.4, -0.2) is 43.6 Å². The molecule has 1 saturated heterocycles. The third kappa shape index (κ3) is 4.79. The summed E-state index contributed by atoms with van der Waals surface area (Å²) < 4.78 is 0. The van der Waals surface area contributed by atoms with E-state index in [-0.39, 0.29) is 11.6 Å². The molecule has 2 aromatic rings. The van der Waals surface area contributed by atoms with Crippen molar-refractivity contribution in [3.05, 3.63) is 63.2 Å². The van der Waals surface area contributed by atoms with Crippen LogP contribution in [0.3, 0.4) is 0 Å². The quantitative estimate of drug-likeness (QED) is 0.572. The second kappa shape index (κ2) is 9.03. The number of carbonyl (C=O) groups is 1. The smallest absolute Gasteiger partial charge is 0.294 e. The van der Waals surface area contributed by atoms with Crippen LogP contribution in [0.5, 0.6) is 0 Å². The first-order valence-corrected chi connectivity index (χ1v) is 9.76. The summed E-state index contributed by atoms with van der Waals surface area (Å²) in [6.07, 6.45) is 0.863. The largest absolute Gasteiger partial charge is 0.355 e. The van der Waals surface area contributed by atoms with E-state index in [0.29, 0.717) is 30.3 Å². The zero-order chi connectivity index (χ0) is 20.1. The van der Waals surface area contributed by atoms with Crippen molar-refractivity contribution in [1.29, 1.82) is 0 Å². The lowest BCUT2D eigenvalue weighted by atomic mass is 10.1. The fraction of sp³-hybridized carbons (Fsp3) is 0.350. The Labute approximate surface area is 169 Å². The fourth-order valence-corrected chi connectivity index (χ4v) is 3.69. The van der Waals surface area contributed by atoms with Gasteiger partial charge >= 0.3 is 0 Å². The summed E-state index contributed by atoms with van der Waals surface area (Å²) in [5, 5.41) is 14.7. The first-order valence-electron chi connectivity index (χ1n) is 9.38. The van der Waals surface area contributed by atoms with Gasteiger partial charge in [0, 0.05) is 16.8 Å². The zero-order valence-corrected chi connectivity index (χ0v) is 16.5. The Balaban J connectivity index is 1.57. The molecular weight excluding hydrogens is 380 g/mol. The van der Waals surface area contributed by atoms with Crippen molar-refractivity contribution in [3.63, 3.8) is 0 Å². The maximum absolute atomic E-state index is 12.4. The maximum atomic E-state index is 12.4. The standard InChI is InChI=1S/C20H23ClN4O3/c1-2-15-5-3-4-6-17(15)22-20(26)14-23-9-11-24(12-10-23)18-8-7-16(21)13-19(18)25(27)28/h3-8,13H,2,9-12,14H2,1H3,(H,22,26)/p+1. The summed E-state index contributed by atoms with van der Waals surface area (Å²) in [4.78, 5) is 26.5. The van der Waals surface area contributed by atoms with Crippen LogP contribution in [0.4, 0.5) is 17.1 Å². The number of nitrogens with zero attached hydrogens (tertiary/aromatic N) is 2. The van der Waals surface area contributed by atoms with E-state index in [1.807, 2.05) is 29.2 Å². The molecule has 148 valence electrons. The van der Waals surface area contributed by atoms with E-state index in [9.17, 15) is 14.9 Å². The molecule has 2 N–H and O–H groups in total. The van der Waals surface area contributed by atoms with Gasteiger partial charge in [0.1, 0.15) is 5.69 Å². The Morgan fingerprint density at radius 1 is 1.25 bits per heavy atom. The van der Waals surface area contributed by atoms with Crippen molar-refractivity contribution in [1.82, 2.24) is 0 Å². The van der Waals surface area contributed by atoms with Crippen molar-refractivity contribution < 1.29 is 14.6 Å². The first-order chi connectivity index (χ1) is 13.5. The van der Waals surface area contributed by atoms with Crippen LogP contribution in [0.2, 0.25) is 5.02 Å². The van der Waals surface area contributed by atoms with Gasteiger partial charge < -0.3 is 15.1 Å². The van der Waals surface area contributed by atoms with Gasteiger partial charge in [-0.05, 0) is 30.2 Å². The van der Waals surface area contributed by atoms with Crippen molar-refractivity contribution in [2.75, 3.05) is 42.9 Å². The molecule has 3 rings (SSSR count). The van der Waals surface area contributed by atoms with Crippen LogP contribution >= 0.6 is 11.6 Å². The molecule has 0 spiro atoms. The number of nitro groups is 1. The molecule has 28 heavy (non-hydrogen) atoms. The minimum atomic E-state index is -0.404. The molecule has 2 aromatic carbocycles. The van der Waals surface area contributed by atoms with Gasteiger partial charge in [0.05, 0.1) is 31.1 Å². The number of carbonyl (C=O) groups excluding carboxylic acids is 1. The highest BCUT2D eigenvalue weighted by atomic mass is 35.5. The highest BCUT2D eigenvalue weighted by Gasteiger charge is 2.27. The second-order valence-corrected chi connectivity index (χ2v) is 7.30. The molecule has 8 heteroatoms. The van der Waals surface area contributed by atoms with Crippen LogP contribution in [0.25, 0.3) is 0 Å². The van der Waals surface area contributed by atoms with Crippen LogP contribution in [0, 0.1) is 10.1 Å². The molecule has 1 aliphatic heterocycles. The molecule has 1 amide bonds. The monoisotopic (exact) mass is 403 g/mol. The summed E-state index contributed by atoms with van der Waals surface area (Å²) in [6, 6.07) is 12.6. The summed E-state index contributed by atoms with van der Waals surface area (Å²) >= 11 is 5.90. The molecule has 0 unspecified atom stereocenters. The Kier molecular flexibility index (Phi) is 6.49. The van der Waals surface area contributed by atoms with Crippen LogP contribution < -0.4 is 15.1 Å². The molecule has 0 radical (unpaired) electrons. The Morgan fingerprint density at radius 2 is 1.96 bits per heavy atom. The predicted octanol–water partition coefficient (Wildman–Crippen LogP) is 2.15. The van der Waals surface area contributed by atoms with Gasteiger partial charge in [0.15, 0.2) is 6.54 Å². The van der Waals surface area contributed by atoms with Gasteiger partial charge in [-0.3, -0.25) is 14.9 Å². The van der Waals surface area contributed by atoms with Crippen LogP contribution in [0.1, 0.15) is 12.5 Å². The van der Waals surface area contributed by atoms with E-state index < -0.39 is 4.92 Å². The summed E-state index contributed by atoms with van der Waals surface area (Å²) in [6.45, 7) is 5.22. The topological polar surface area (TPSA) is 79.9 Å². The number of piperazine rings is 1. The minimum absolute atomic E-state index is 0.0122. The number of hydrogen-bond acceptors (Lipinski definition) is 4. The highest BCUT2D eigenvalue weighted by molar-refractivity contribution is 6.30. The Morgan fingerprint density at radius 3 is 2.64 bits per heavy atom. The van der Waals surface area contributed by atoms with E-state index in [2.05, 4.69) is 12.2 Å². The van der Waals surface area contributed by atoms with Gasteiger partial charge in [-0.25, -0.2) is 0 Å². The minimum Gasteiger partial charge on any atom is -0.355 e. The third-order valence-electron chi connectivity index (χ3n) is 5.03. The lowest BCUT2D eigenvalue weighted by Crippen LogP contribution is -3.15. The molecule has 1 aliphatic rings. The molecular formula is C20H24ClN4O3+. The predicted molar refractivity (Wildman–Crippen MR) is 110 cm³/mol. The molecule has 7 nitrogen and oxygen atoms in total. The summed E-state index contributed by atoms with van der Waals surface area (Å²) in [5.74, 6) is -0.0122. The van der Waals surface area contributed by atoms with Crippen molar-refractivity contribution in [3.8, 4) is 0 Å². The van der Waals surface area contributed by atoms with E-state index in [1.54, 1.807) is 12.1 Å². The Bertz CT molecular complexity index is 866. The lowest BCUT2D eigenvalue weighted by Gasteiger charge is -2.33. The summed E-state index contributed by atoms with van der Waals surface area (Å²) in [5.41, 5.74) is 2.58. The number of aryl methyl sites for hydroxylation is 1. The second-order valence-electron chi connectivity index (χ2n) is 6.86. The normalized spacial score (nSPS) is 14.7. The first kappa shape index (κ1) is 20.1. The van der Waals surface area contributed by atoms with E-state index >= 15 is 0 Å². The van der Waals surface area contributed by atoms with Crippen molar-refractivity contribution in [2.24, 2.45) is 0 Å². The van der Waals surface area contributed by atoms with Gasteiger partial charge in [-0.15, -0.1) is 0 Å². The number of para-hydroxylation sites is 1. The molecule has 0 saturated carbocycles. The number of amides is 1. The molecule has 1 fully saturated rings. The van der Waals surface area contributed by atoms with E-state index in [0.717, 1.165) is 30.8 Å². The highest BCUT2D eigenvalue weighted by Crippen LogP contribution is 2.30. The molecule has 0 bridgehead atoms. The fourth-order valence-electron chi connectivity index (χ4n) is 3.52. The van der Waals surface area contributed by atoms with Crippen molar-refractivity contribution in [2.45, 2.75) is 13.3 Å². The Hall–Kier alpha value is -2.64. The van der Waals surface area contributed by atoms with Gasteiger partial charge in [0.2, 0.25) is 0 Å². The third-order valence-corrected chi connectivity index (χ3v) is 5.26. The number of benzene rings is 2. The lowest BCUT2D eigenvalue weighted by molar-refractivity contribution is -0.892. The zero-order valence-electron chi connectivity index (χ0n) is 15.8. The molecule has 1 heterocycles. The van der Waals surface area contributed by atoms with Gasteiger partial charge in [-0.1, -0.05) is 36.7 Å². The van der Waals surface area contributed by atoms with Gasteiger partial charge in [0.25, 0.3) is 11.6 Å². The van der Waals surface area contributed by atoms with Crippen molar-refractivity contribution >= 4 is 34.6 Å². The van der Waals surface area contributed by atoms with Crippen LogP contribution in [-0.2, 0) is 11.2 Å². The number of hydrogen-bond donors (Lipinski definition) is 2. The summed E-state index contributed by atoms with van der Waals surface area (Å²) in [7, 11) is 0. The van der Waals surface area contributed by atoms with Crippen LogP contribution in [0.15, 0.2) is 42.5 Å². The molecule has 0 aliphatic carbocycles. The molecule has 0 aromatic heterocycles. The SMILES string of the molecule is CCc1ccccc1NC(=O)C[NH+]1CCN(c2ccc(Cl)cc2[N+](=O)[O-])CC1. The number of rotatable bonds is 6. The number of halogens is 1. The average Bonchev–Trinajstić information content (AvgIpc) is 2.69. The van der Waals surface area contributed by atoms with E-state index in [1.165, 1.54) is 11.0 Å². The maximum Gasteiger partial charge on any atom is 0.294 e. The molecule has 0 atom stereocenters. The number of nitrogens with one attached hydrogen (secondary N) is 2. The van der Waals surface area contributed by atoms with E-state index in [4.69, 9.17) is 11.6 Å². The number of nitro benzene ring substituents is 1. The van der Waals surface area contributed by atoms with Gasteiger partial charge in [-0.2, -0.15) is 0 Å².